The van der Waals surface area contributed by atoms with E-state index < -0.39 is 5.82 Å². The second-order valence-corrected chi connectivity index (χ2v) is 4.97. The molecule has 0 bridgehead atoms. The average Bonchev–Trinajstić information content (AvgIpc) is 2.85. The van der Waals surface area contributed by atoms with Crippen LogP contribution in [0.1, 0.15) is 15.9 Å². The van der Waals surface area contributed by atoms with E-state index in [0.717, 1.165) is 10.9 Å². The highest BCUT2D eigenvalue weighted by Gasteiger charge is 2.17. The minimum atomic E-state index is -0.439. The number of aromatic nitrogens is 1. The summed E-state index contributed by atoms with van der Waals surface area (Å²) >= 11 is 3.12. The van der Waals surface area contributed by atoms with Crippen molar-refractivity contribution >= 4 is 32.6 Å². The maximum Gasteiger partial charge on any atom is 0.196 e. The molecule has 1 heterocycles. The Hall–Kier alpha value is -1.94. The molecular weight excluding hydrogens is 309 g/mol. The Bertz CT molecular complexity index is 779. The molecule has 0 spiro atoms. The second-order valence-electron chi connectivity index (χ2n) is 4.18. The van der Waals surface area contributed by atoms with Gasteiger partial charge in [-0.25, -0.2) is 4.39 Å². The van der Waals surface area contributed by atoms with Crippen molar-refractivity contribution in [1.29, 1.82) is 0 Å². The van der Waals surface area contributed by atoms with Crippen molar-refractivity contribution < 1.29 is 9.18 Å². The zero-order chi connectivity index (χ0) is 13.4. The summed E-state index contributed by atoms with van der Waals surface area (Å²) in [6, 6.07) is 12.0. The molecule has 3 aromatic rings. The number of aromatic amines is 1. The van der Waals surface area contributed by atoms with Crippen LogP contribution in [0.5, 0.6) is 0 Å². The highest BCUT2D eigenvalue weighted by Crippen LogP contribution is 2.26. The van der Waals surface area contributed by atoms with Crippen LogP contribution in [0.3, 0.4) is 0 Å². The first kappa shape index (κ1) is 12.1. The van der Waals surface area contributed by atoms with Gasteiger partial charge in [-0.2, -0.15) is 0 Å². The molecule has 0 unspecified atom stereocenters. The van der Waals surface area contributed by atoms with Crippen molar-refractivity contribution in [1.82, 2.24) is 4.98 Å². The van der Waals surface area contributed by atoms with Crippen LogP contribution in [0.2, 0.25) is 0 Å². The summed E-state index contributed by atoms with van der Waals surface area (Å²) in [7, 11) is 0. The maximum absolute atomic E-state index is 13.5. The van der Waals surface area contributed by atoms with Crippen molar-refractivity contribution in [2.45, 2.75) is 0 Å². The van der Waals surface area contributed by atoms with E-state index in [-0.39, 0.29) is 10.3 Å². The molecule has 2 aromatic carbocycles. The summed E-state index contributed by atoms with van der Waals surface area (Å²) < 4.78 is 13.7. The average molecular weight is 318 g/mol. The number of benzene rings is 2. The summed E-state index contributed by atoms with van der Waals surface area (Å²) in [6.07, 6.45) is 1.66. The van der Waals surface area contributed by atoms with Crippen LogP contribution in [0.15, 0.2) is 53.1 Å². The molecule has 0 fully saturated rings. The van der Waals surface area contributed by atoms with E-state index in [0.29, 0.717) is 11.1 Å². The minimum absolute atomic E-state index is 0.199. The number of ketones is 1. The molecule has 94 valence electrons. The Morgan fingerprint density at radius 2 is 1.84 bits per heavy atom. The summed E-state index contributed by atoms with van der Waals surface area (Å²) in [6.45, 7) is 0. The molecule has 0 saturated carbocycles. The van der Waals surface area contributed by atoms with E-state index in [1.165, 1.54) is 12.1 Å². The van der Waals surface area contributed by atoms with Gasteiger partial charge in [-0.05, 0) is 34.1 Å². The Morgan fingerprint density at radius 1 is 1.05 bits per heavy atom. The zero-order valence-corrected chi connectivity index (χ0v) is 11.4. The second kappa shape index (κ2) is 4.63. The van der Waals surface area contributed by atoms with Crippen LogP contribution in [0.4, 0.5) is 4.39 Å². The van der Waals surface area contributed by atoms with E-state index >= 15 is 0 Å². The van der Waals surface area contributed by atoms with Crippen molar-refractivity contribution in [3.63, 3.8) is 0 Å². The highest BCUT2D eigenvalue weighted by molar-refractivity contribution is 9.10. The Balaban J connectivity index is 2.17. The number of para-hydroxylation sites is 1. The van der Waals surface area contributed by atoms with Gasteiger partial charge in [0.25, 0.3) is 0 Å². The molecule has 3 rings (SSSR count). The van der Waals surface area contributed by atoms with Gasteiger partial charge in [0.2, 0.25) is 0 Å². The summed E-state index contributed by atoms with van der Waals surface area (Å²) in [5.74, 6) is -0.644. The first-order chi connectivity index (χ1) is 9.18. The number of carbonyl (C=O) groups excluding carboxylic acids is 1. The Morgan fingerprint density at radius 3 is 2.68 bits per heavy atom. The molecule has 0 atom stereocenters. The van der Waals surface area contributed by atoms with E-state index in [2.05, 4.69) is 20.9 Å². The fourth-order valence-electron chi connectivity index (χ4n) is 2.08. The summed E-state index contributed by atoms with van der Waals surface area (Å²) in [4.78, 5) is 15.5. The van der Waals surface area contributed by atoms with Crippen LogP contribution in [-0.2, 0) is 0 Å². The van der Waals surface area contributed by atoms with Crippen molar-refractivity contribution in [3.05, 3.63) is 70.1 Å². The lowest BCUT2D eigenvalue weighted by molar-refractivity contribution is 0.103. The van der Waals surface area contributed by atoms with Crippen molar-refractivity contribution in [2.75, 3.05) is 0 Å². The van der Waals surface area contributed by atoms with Crippen LogP contribution >= 0.6 is 15.9 Å². The number of halogens is 2. The molecule has 0 aliphatic heterocycles. The van der Waals surface area contributed by atoms with Gasteiger partial charge in [0.1, 0.15) is 5.82 Å². The van der Waals surface area contributed by atoms with Gasteiger partial charge in [-0.1, -0.05) is 24.3 Å². The van der Waals surface area contributed by atoms with Crippen LogP contribution < -0.4 is 0 Å². The maximum atomic E-state index is 13.5. The number of hydrogen-bond acceptors (Lipinski definition) is 1. The quantitative estimate of drug-likeness (QED) is 0.702. The lowest BCUT2D eigenvalue weighted by Crippen LogP contribution is -2.02. The molecule has 0 saturated heterocycles. The fraction of sp³-hybridized carbons (Fsp3) is 0. The number of nitrogens with one attached hydrogen (secondary N) is 1. The molecule has 0 amide bonds. The Labute approximate surface area is 117 Å². The van der Waals surface area contributed by atoms with Crippen LogP contribution in [0, 0.1) is 5.82 Å². The molecule has 4 heteroatoms. The van der Waals surface area contributed by atoms with Crippen LogP contribution in [0.25, 0.3) is 10.9 Å². The molecule has 0 radical (unpaired) electrons. The first-order valence-electron chi connectivity index (χ1n) is 5.73. The molecule has 0 aliphatic carbocycles. The lowest BCUT2D eigenvalue weighted by atomic mass is 10.0. The molecule has 1 aromatic heterocycles. The fourth-order valence-corrected chi connectivity index (χ4v) is 2.53. The third-order valence-corrected chi connectivity index (χ3v) is 3.84. The van der Waals surface area contributed by atoms with Gasteiger partial charge in [0.15, 0.2) is 5.78 Å². The van der Waals surface area contributed by atoms with Crippen molar-refractivity contribution in [2.24, 2.45) is 0 Å². The summed E-state index contributed by atoms with van der Waals surface area (Å²) in [5, 5.41) is 0.837. The molecule has 0 aliphatic rings. The molecule has 2 nitrogen and oxygen atoms in total. The van der Waals surface area contributed by atoms with E-state index in [1.54, 1.807) is 12.3 Å². The van der Waals surface area contributed by atoms with Gasteiger partial charge in [0.05, 0.1) is 4.47 Å². The van der Waals surface area contributed by atoms with Crippen molar-refractivity contribution in [3.8, 4) is 0 Å². The molecule has 19 heavy (non-hydrogen) atoms. The molecular formula is C15H9BrFNO. The predicted octanol–water partition coefficient (Wildman–Crippen LogP) is 4.30. The SMILES string of the molecule is O=C(c1cccc(F)c1Br)c1c[nH]c2ccccc12. The van der Waals surface area contributed by atoms with E-state index in [4.69, 9.17) is 0 Å². The number of fused-ring (bicyclic) bond motifs is 1. The lowest BCUT2D eigenvalue weighted by Gasteiger charge is -2.03. The topological polar surface area (TPSA) is 32.9 Å². The number of rotatable bonds is 2. The smallest absolute Gasteiger partial charge is 0.196 e. The molecule has 1 N–H and O–H groups in total. The van der Waals surface area contributed by atoms with Gasteiger partial charge < -0.3 is 4.98 Å². The van der Waals surface area contributed by atoms with Crippen LogP contribution in [-0.4, -0.2) is 10.8 Å². The first-order valence-corrected chi connectivity index (χ1v) is 6.52. The van der Waals surface area contributed by atoms with Gasteiger partial charge in [0, 0.05) is 28.2 Å². The van der Waals surface area contributed by atoms with Gasteiger partial charge in [-0.15, -0.1) is 0 Å². The summed E-state index contributed by atoms with van der Waals surface area (Å²) in [5.41, 5.74) is 1.75. The predicted molar refractivity (Wildman–Crippen MR) is 75.8 cm³/mol. The van der Waals surface area contributed by atoms with E-state index in [9.17, 15) is 9.18 Å². The zero-order valence-electron chi connectivity index (χ0n) is 9.78. The van der Waals surface area contributed by atoms with Gasteiger partial charge in [-0.3, -0.25) is 4.79 Å². The normalized spacial score (nSPS) is 10.8. The highest BCUT2D eigenvalue weighted by atomic mass is 79.9. The number of H-pyrrole nitrogens is 1. The van der Waals surface area contributed by atoms with Gasteiger partial charge >= 0.3 is 0 Å². The number of carbonyl (C=O) groups is 1. The minimum Gasteiger partial charge on any atom is -0.360 e. The Kier molecular flexibility index (Phi) is 2.95. The third-order valence-electron chi connectivity index (χ3n) is 3.03. The largest absolute Gasteiger partial charge is 0.360 e. The monoisotopic (exact) mass is 317 g/mol. The number of hydrogen-bond donors (Lipinski definition) is 1. The third kappa shape index (κ3) is 1.98. The van der Waals surface area contributed by atoms with E-state index in [1.807, 2.05) is 24.3 Å². The standard InChI is InChI=1S/C15H9BrFNO/c16-14-10(5-3-6-12(14)17)15(19)11-8-18-13-7-2-1-4-9(11)13/h1-8,18H.